The first-order valence-electron chi connectivity index (χ1n) is 5.01. The Kier molecular flexibility index (Phi) is 3.18. The quantitative estimate of drug-likeness (QED) is 0.610. The van der Waals surface area contributed by atoms with Gasteiger partial charge in [-0.05, 0) is 12.1 Å². The van der Waals surface area contributed by atoms with E-state index in [-0.39, 0.29) is 0 Å². The SMILES string of the molecule is Cn1cc(/C=C/C(N)=O)c2cc([NH][Al])cnc21. The largest absolute Gasteiger partial charge is 0.490 e. The van der Waals surface area contributed by atoms with Crippen molar-refractivity contribution in [3.05, 3.63) is 30.1 Å². The van der Waals surface area contributed by atoms with Crippen LogP contribution in [-0.4, -0.2) is 32.0 Å². The van der Waals surface area contributed by atoms with E-state index in [4.69, 9.17) is 5.73 Å². The number of amides is 1. The molecule has 2 aromatic rings. The highest BCUT2D eigenvalue weighted by molar-refractivity contribution is 6.16. The zero-order chi connectivity index (χ0) is 12.4. The number of aromatic nitrogens is 2. The predicted molar refractivity (Wildman–Crippen MR) is 68.3 cm³/mol. The van der Waals surface area contributed by atoms with Crippen LogP contribution in [0.4, 0.5) is 5.69 Å². The third-order valence-electron chi connectivity index (χ3n) is 2.44. The van der Waals surface area contributed by atoms with Crippen LogP contribution in [0.15, 0.2) is 24.5 Å². The van der Waals surface area contributed by atoms with E-state index in [1.165, 1.54) is 6.08 Å². The van der Waals surface area contributed by atoms with Crippen molar-refractivity contribution in [2.45, 2.75) is 0 Å². The lowest BCUT2D eigenvalue weighted by atomic mass is 10.2. The Hall–Kier alpha value is -1.77. The Morgan fingerprint density at radius 1 is 1.65 bits per heavy atom. The molecule has 0 atom stereocenters. The number of anilines is 1. The van der Waals surface area contributed by atoms with Gasteiger partial charge in [-0.1, -0.05) is 0 Å². The molecule has 0 aromatic carbocycles. The van der Waals surface area contributed by atoms with Crippen molar-refractivity contribution in [3.63, 3.8) is 0 Å². The predicted octanol–water partition coefficient (Wildman–Crippen LogP) is 0.567. The maximum absolute atomic E-state index is 10.7. The second-order valence-electron chi connectivity index (χ2n) is 3.67. The molecule has 5 nitrogen and oxygen atoms in total. The van der Waals surface area contributed by atoms with Gasteiger partial charge in [-0.15, -0.1) is 0 Å². The van der Waals surface area contributed by atoms with Crippen LogP contribution in [0.25, 0.3) is 17.1 Å². The lowest BCUT2D eigenvalue weighted by Gasteiger charge is -2.01. The fourth-order valence-corrected chi connectivity index (χ4v) is 1.83. The molecule has 0 aliphatic carbocycles. The molecule has 3 N–H and O–H groups in total. The van der Waals surface area contributed by atoms with Crippen molar-refractivity contribution in [1.82, 2.24) is 9.55 Å². The summed E-state index contributed by atoms with van der Waals surface area (Å²) >= 11 is 2.42. The summed E-state index contributed by atoms with van der Waals surface area (Å²) in [5, 5.41) is 0.970. The van der Waals surface area contributed by atoms with Crippen LogP contribution in [0.3, 0.4) is 0 Å². The van der Waals surface area contributed by atoms with E-state index in [0.29, 0.717) is 0 Å². The van der Waals surface area contributed by atoms with Gasteiger partial charge in [0.2, 0.25) is 5.91 Å². The molecule has 0 aliphatic heterocycles. The summed E-state index contributed by atoms with van der Waals surface area (Å²) < 4.78 is 4.85. The van der Waals surface area contributed by atoms with Crippen molar-refractivity contribution in [2.75, 3.05) is 4.30 Å². The summed E-state index contributed by atoms with van der Waals surface area (Å²) in [7, 11) is 1.91. The highest BCUT2D eigenvalue weighted by Crippen LogP contribution is 2.22. The molecule has 0 saturated heterocycles. The van der Waals surface area contributed by atoms with Crippen molar-refractivity contribution < 1.29 is 4.79 Å². The first-order chi connectivity index (χ1) is 8.11. The molecule has 0 spiro atoms. The number of hydrogen-bond acceptors (Lipinski definition) is 3. The first kappa shape index (κ1) is 11.7. The maximum atomic E-state index is 10.7. The average molecular weight is 242 g/mol. The molecule has 17 heavy (non-hydrogen) atoms. The van der Waals surface area contributed by atoms with Gasteiger partial charge >= 0.3 is 16.5 Å². The normalized spacial score (nSPS) is 11.1. The van der Waals surface area contributed by atoms with Crippen LogP contribution in [-0.2, 0) is 11.8 Å². The highest BCUT2D eigenvalue weighted by atomic mass is 27.1. The van der Waals surface area contributed by atoms with Crippen molar-refractivity contribution in [1.29, 1.82) is 0 Å². The van der Waals surface area contributed by atoms with Crippen LogP contribution in [0.1, 0.15) is 5.56 Å². The molecule has 0 aliphatic rings. The summed E-state index contributed by atoms with van der Waals surface area (Å²) in [4.78, 5) is 15.1. The molecular weight excluding hydrogens is 231 g/mol. The Balaban J connectivity index is 2.59. The van der Waals surface area contributed by atoms with Gasteiger partial charge in [-0.3, -0.25) is 4.79 Å². The minimum absolute atomic E-state index is 0.463. The number of carbonyl (C=O) groups is 1. The first-order valence-corrected chi connectivity index (χ1v) is 5.59. The zero-order valence-corrected chi connectivity index (χ0v) is 10.5. The zero-order valence-electron chi connectivity index (χ0n) is 9.34. The van der Waals surface area contributed by atoms with E-state index >= 15 is 0 Å². The summed E-state index contributed by atoms with van der Waals surface area (Å²) in [6.45, 7) is 0. The van der Waals surface area contributed by atoms with Gasteiger partial charge in [0.1, 0.15) is 5.65 Å². The van der Waals surface area contributed by atoms with Crippen LogP contribution in [0.2, 0.25) is 0 Å². The highest BCUT2D eigenvalue weighted by Gasteiger charge is 2.06. The number of hydrogen-bond donors (Lipinski definition) is 2. The number of carbonyl (C=O) groups excluding carboxylic acids is 1. The van der Waals surface area contributed by atoms with E-state index in [9.17, 15) is 4.79 Å². The van der Waals surface area contributed by atoms with Gasteiger partial charge in [-0.25, -0.2) is 4.98 Å². The summed E-state index contributed by atoms with van der Waals surface area (Å²) in [5.74, 6) is -0.463. The van der Waals surface area contributed by atoms with Crippen LogP contribution in [0.5, 0.6) is 0 Å². The molecule has 2 aromatic heterocycles. The van der Waals surface area contributed by atoms with Gasteiger partial charge < -0.3 is 14.6 Å². The Labute approximate surface area is 107 Å². The lowest BCUT2D eigenvalue weighted by Crippen LogP contribution is -2.04. The smallest absolute Gasteiger partial charge is 0.305 e. The van der Waals surface area contributed by atoms with Gasteiger partial charge in [0.05, 0.1) is 6.20 Å². The Bertz CT molecular complexity index is 603. The molecule has 0 bridgehead atoms. The fourth-order valence-electron chi connectivity index (χ4n) is 1.67. The molecule has 1 amide bonds. The summed E-state index contributed by atoms with van der Waals surface area (Å²) in [5.41, 5.74) is 7.75. The molecule has 2 heterocycles. The van der Waals surface area contributed by atoms with Crippen molar-refractivity contribution in [2.24, 2.45) is 12.8 Å². The lowest BCUT2D eigenvalue weighted by molar-refractivity contribution is -0.113. The van der Waals surface area contributed by atoms with Gasteiger partial charge in [0.15, 0.2) is 0 Å². The third kappa shape index (κ3) is 2.33. The number of nitrogens with two attached hydrogens (primary N) is 1. The molecule has 84 valence electrons. The molecule has 6 heteroatoms. The van der Waals surface area contributed by atoms with E-state index in [0.717, 1.165) is 22.3 Å². The van der Waals surface area contributed by atoms with E-state index < -0.39 is 5.91 Å². The molecule has 0 unspecified atom stereocenters. The van der Waals surface area contributed by atoms with Crippen molar-refractivity contribution >= 4 is 45.2 Å². The molecule has 0 fully saturated rings. The second-order valence-corrected chi connectivity index (χ2v) is 3.96. The molecule has 0 saturated carbocycles. The maximum Gasteiger partial charge on any atom is 0.305 e. The number of primary amides is 1. The van der Waals surface area contributed by atoms with E-state index in [2.05, 4.69) is 25.8 Å². The second kappa shape index (κ2) is 4.62. The third-order valence-corrected chi connectivity index (χ3v) is 2.77. The van der Waals surface area contributed by atoms with Gasteiger partial charge in [-0.2, -0.15) is 0 Å². The van der Waals surface area contributed by atoms with Crippen LogP contribution >= 0.6 is 0 Å². The van der Waals surface area contributed by atoms with Crippen molar-refractivity contribution in [3.8, 4) is 0 Å². The number of nitrogens with one attached hydrogen (secondary N) is 1. The minimum Gasteiger partial charge on any atom is -0.490 e. The van der Waals surface area contributed by atoms with Crippen LogP contribution < -0.4 is 10.0 Å². The van der Waals surface area contributed by atoms with Gasteiger partial charge in [0, 0.05) is 36.0 Å². The number of pyridine rings is 1. The number of aryl methyl sites for hydroxylation is 1. The monoisotopic (exact) mass is 242 g/mol. The van der Waals surface area contributed by atoms with E-state index in [1.807, 2.05) is 23.9 Å². The Morgan fingerprint density at radius 2 is 2.41 bits per heavy atom. The van der Waals surface area contributed by atoms with Crippen LogP contribution in [0, 0.1) is 0 Å². The summed E-state index contributed by atoms with van der Waals surface area (Å²) in [6.07, 6.45) is 6.69. The molecule has 2 rings (SSSR count). The standard InChI is InChI=1S/C11H11N4O.Al/c1-15-6-7(2-3-10(13)16)9-4-8(12)5-14-11(9)15;/h2-6,12H,1H3,(H2,13,16);/q-1;+1/b3-2+;. The molecule has 2 radical (unpaired) electrons. The fraction of sp³-hybridized carbons (Fsp3) is 0.0909. The topological polar surface area (TPSA) is 72.9 Å². The number of nitrogens with zero attached hydrogens (tertiary/aromatic N) is 2. The minimum atomic E-state index is -0.463. The number of rotatable bonds is 3. The Morgan fingerprint density at radius 3 is 3.06 bits per heavy atom. The van der Waals surface area contributed by atoms with E-state index in [1.54, 1.807) is 12.3 Å². The van der Waals surface area contributed by atoms with Gasteiger partial charge in [0.25, 0.3) is 0 Å². The average Bonchev–Trinajstić information content (AvgIpc) is 2.63. The molecular formula is C11H11AlN4O. The summed E-state index contributed by atoms with van der Waals surface area (Å²) in [6, 6.07) is 1.97. The number of fused-ring (bicyclic) bond motifs is 1.